The van der Waals surface area contributed by atoms with Gasteiger partial charge in [0.15, 0.2) is 0 Å². The summed E-state index contributed by atoms with van der Waals surface area (Å²) in [5, 5.41) is 0.710. The smallest absolute Gasteiger partial charge is 0.166 e. The number of benzene rings is 2. The van der Waals surface area contributed by atoms with Gasteiger partial charge in [0.2, 0.25) is 0 Å². The predicted octanol–water partition coefficient (Wildman–Crippen LogP) is 8.24. The third-order valence-electron chi connectivity index (χ3n) is 5.42. The van der Waals surface area contributed by atoms with Crippen LogP contribution in [0.15, 0.2) is 42.5 Å². The van der Waals surface area contributed by atoms with Gasteiger partial charge in [0.1, 0.15) is 0 Å². The fraction of sp³-hybridized carbons (Fsp3) is 0.478. The maximum atomic E-state index is 13.2. The molecule has 2 atom stereocenters. The first kappa shape index (κ1) is 21.8. The number of aryl methyl sites for hydroxylation is 1. The molecule has 2 unspecified atom stereocenters. The summed E-state index contributed by atoms with van der Waals surface area (Å²) in [7, 11) is 0. The summed E-state index contributed by atoms with van der Waals surface area (Å²) < 4.78 is 39.5. The van der Waals surface area contributed by atoms with Crippen LogP contribution in [0.5, 0.6) is 0 Å². The van der Waals surface area contributed by atoms with Crippen LogP contribution in [-0.2, 0) is 12.6 Å². The molecule has 0 bridgehead atoms. The first-order valence-electron chi connectivity index (χ1n) is 9.59. The minimum absolute atomic E-state index is 0.0457. The molecule has 0 heterocycles. The van der Waals surface area contributed by atoms with Crippen LogP contribution in [0, 0.1) is 5.92 Å². The number of halogens is 4. The number of hydrogen-bond donors (Lipinski definition) is 0. The summed E-state index contributed by atoms with van der Waals surface area (Å²) in [6.07, 6.45) is -1.53. The van der Waals surface area contributed by atoms with Gasteiger partial charge in [0.25, 0.3) is 0 Å². The van der Waals surface area contributed by atoms with Gasteiger partial charge in [-0.25, -0.2) is 0 Å². The van der Waals surface area contributed by atoms with Crippen LogP contribution in [-0.4, -0.2) is 0 Å². The summed E-state index contributed by atoms with van der Waals surface area (Å²) in [6, 6.07) is 12.1. The summed E-state index contributed by atoms with van der Waals surface area (Å²) in [5.74, 6) is 0.668. The highest BCUT2D eigenvalue weighted by molar-refractivity contribution is 6.30. The lowest BCUT2D eigenvalue weighted by Crippen LogP contribution is -2.15. The van der Waals surface area contributed by atoms with Gasteiger partial charge >= 0.3 is 6.18 Å². The van der Waals surface area contributed by atoms with E-state index in [9.17, 15) is 13.2 Å². The molecule has 0 aliphatic heterocycles. The van der Waals surface area contributed by atoms with Crippen LogP contribution in [0.3, 0.4) is 0 Å². The van der Waals surface area contributed by atoms with Gasteiger partial charge < -0.3 is 0 Å². The Balaban J connectivity index is 2.36. The standard InChI is InChI=1S/C23H28ClF3/c1-5-16(4)20(12-8-17-6-10-19(24)11-7-17)21-13-9-18(23(25,26)27)14-22(21)15(2)3/h6-7,9-11,13-16,20H,5,8,12H2,1-4H3. The molecule has 0 spiro atoms. The monoisotopic (exact) mass is 396 g/mol. The quantitative estimate of drug-likeness (QED) is 0.442. The molecule has 2 rings (SSSR count). The number of rotatable bonds is 7. The van der Waals surface area contributed by atoms with Crippen LogP contribution in [0.25, 0.3) is 0 Å². The normalized spacial score (nSPS) is 14.4. The molecule has 0 saturated heterocycles. The van der Waals surface area contributed by atoms with E-state index in [1.807, 2.05) is 38.1 Å². The van der Waals surface area contributed by atoms with Gasteiger partial charge in [-0.3, -0.25) is 0 Å². The Morgan fingerprint density at radius 2 is 1.56 bits per heavy atom. The largest absolute Gasteiger partial charge is 0.416 e. The van der Waals surface area contributed by atoms with Crippen molar-refractivity contribution in [2.45, 2.75) is 65.0 Å². The third kappa shape index (κ3) is 5.75. The maximum absolute atomic E-state index is 13.2. The first-order valence-corrected chi connectivity index (χ1v) is 9.96. The lowest BCUT2D eigenvalue weighted by molar-refractivity contribution is -0.137. The molecule has 27 heavy (non-hydrogen) atoms. The Labute approximate surface area is 165 Å². The fourth-order valence-electron chi connectivity index (χ4n) is 3.59. The molecular weight excluding hydrogens is 369 g/mol. The van der Waals surface area contributed by atoms with Crippen molar-refractivity contribution in [3.63, 3.8) is 0 Å². The van der Waals surface area contributed by atoms with Gasteiger partial charge in [0.05, 0.1) is 5.56 Å². The van der Waals surface area contributed by atoms with E-state index in [4.69, 9.17) is 11.6 Å². The summed E-state index contributed by atoms with van der Waals surface area (Å²) in [6.45, 7) is 8.26. The highest BCUT2D eigenvalue weighted by atomic mass is 35.5. The molecule has 0 saturated carbocycles. The highest BCUT2D eigenvalue weighted by Gasteiger charge is 2.32. The molecule has 0 fully saturated rings. The van der Waals surface area contributed by atoms with Crippen LogP contribution in [0.2, 0.25) is 5.02 Å². The van der Waals surface area contributed by atoms with Gasteiger partial charge in [-0.1, -0.05) is 63.9 Å². The number of alkyl halides is 3. The molecule has 0 aliphatic carbocycles. The second-order valence-corrected chi connectivity index (χ2v) is 8.09. The lowest BCUT2D eigenvalue weighted by atomic mass is 9.77. The molecule has 0 amide bonds. The second-order valence-electron chi connectivity index (χ2n) is 7.65. The molecule has 4 heteroatoms. The van der Waals surface area contributed by atoms with E-state index in [2.05, 4.69) is 13.8 Å². The zero-order valence-corrected chi connectivity index (χ0v) is 17.2. The lowest BCUT2D eigenvalue weighted by Gasteiger charge is -2.28. The third-order valence-corrected chi connectivity index (χ3v) is 5.68. The van der Waals surface area contributed by atoms with Crippen molar-refractivity contribution < 1.29 is 13.2 Å². The average Bonchev–Trinajstić information content (AvgIpc) is 2.62. The minimum atomic E-state index is -4.31. The van der Waals surface area contributed by atoms with Gasteiger partial charge in [-0.05, 0) is 71.6 Å². The van der Waals surface area contributed by atoms with Crippen molar-refractivity contribution in [3.05, 3.63) is 69.7 Å². The predicted molar refractivity (Wildman–Crippen MR) is 108 cm³/mol. The van der Waals surface area contributed by atoms with Crippen LogP contribution in [0.4, 0.5) is 13.2 Å². The molecule has 0 aromatic heterocycles. The summed E-state index contributed by atoms with van der Waals surface area (Å²) >= 11 is 5.96. The van der Waals surface area contributed by atoms with Gasteiger partial charge in [0, 0.05) is 5.02 Å². The van der Waals surface area contributed by atoms with Crippen LogP contribution < -0.4 is 0 Å². The molecule has 0 aliphatic rings. The van der Waals surface area contributed by atoms with Gasteiger partial charge in [-0.15, -0.1) is 0 Å². The van der Waals surface area contributed by atoms with Crippen molar-refractivity contribution >= 4 is 11.6 Å². The van der Waals surface area contributed by atoms with Crippen molar-refractivity contribution in [1.29, 1.82) is 0 Å². The Morgan fingerprint density at radius 3 is 2.07 bits per heavy atom. The van der Waals surface area contributed by atoms with E-state index in [0.717, 1.165) is 30.4 Å². The van der Waals surface area contributed by atoms with Crippen molar-refractivity contribution in [3.8, 4) is 0 Å². The fourth-order valence-corrected chi connectivity index (χ4v) is 3.72. The number of hydrogen-bond acceptors (Lipinski definition) is 0. The van der Waals surface area contributed by atoms with Crippen LogP contribution in [0.1, 0.15) is 74.6 Å². The zero-order chi connectivity index (χ0) is 20.2. The van der Waals surface area contributed by atoms with Crippen molar-refractivity contribution in [1.82, 2.24) is 0 Å². The Bertz CT molecular complexity index is 732. The molecule has 148 valence electrons. The molecule has 0 N–H and O–H groups in total. The summed E-state index contributed by atoms with van der Waals surface area (Å²) in [4.78, 5) is 0. The minimum Gasteiger partial charge on any atom is -0.166 e. The topological polar surface area (TPSA) is 0 Å². The molecule has 0 nitrogen and oxygen atoms in total. The van der Waals surface area contributed by atoms with Crippen molar-refractivity contribution in [2.24, 2.45) is 5.92 Å². The van der Waals surface area contributed by atoms with Crippen molar-refractivity contribution in [2.75, 3.05) is 0 Å². The Hall–Kier alpha value is -1.48. The van der Waals surface area contributed by atoms with E-state index < -0.39 is 11.7 Å². The Morgan fingerprint density at radius 1 is 0.926 bits per heavy atom. The molecule has 2 aromatic carbocycles. The van der Waals surface area contributed by atoms with E-state index in [1.54, 1.807) is 6.07 Å². The second kappa shape index (κ2) is 9.14. The summed E-state index contributed by atoms with van der Waals surface area (Å²) in [5.41, 5.74) is 2.51. The van der Waals surface area contributed by atoms with E-state index in [1.165, 1.54) is 17.7 Å². The van der Waals surface area contributed by atoms with Gasteiger partial charge in [-0.2, -0.15) is 13.2 Å². The van der Waals surface area contributed by atoms with E-state index >= 15 is 0 Å². The van der Waals surface area contributed by atoms with E-state index in [-0.39, 0.29) is 11.8 Å². The molecule has 2 aromatic rings. The first-order chi connectivity index (χ1) is 12.6. The SMILES string of the molecule is CCC(C)C(CCc1ccc(Cl)cc1)c1ccc(C(F)(F)F)cc1C(C)C. The zero-order valence-electron chi connectivity index (χ0n) is 16.4. The van der Waals surface area contributed by atoms with Crippen LogP contribution >= 0.6 is 11.6 Å². The molecule has 0 radical (unpaired) electrons. The van der Waals surface area contributed by atoms with E-state index in [0.29, 0.717) is 10.9 Å². The average molecular weight is 397 g/mol. The molecular formula is C23H28ClF3. The highest BCUT2D eigenvalue weighted by Crippen LogP contribution is 2.39. The maximum Gasteiger partial charge on any atom is 0.416 e. The Kier molecular flexibility index (Phi) is 7.39.